The number of benzene rings is 2. The molecule has 8 nitrogen and oxygen atoms in total. The highest BCUT2D eigenvalue weighted by Crippen LogP contribution is 2.25. The Morgan fingerprint density at radius 1 is 1.17 bits per heavy atom. The zero-order valence-corrected chi connectivity index (χ0v) is 20.4. The van der Waals surface area contributed by atoms with Crippen molar-refractivity contribution in [1.29, 1.82) is 0 Å². The molecule has 0 spiro atoms. The highest BCUT2D eigenvalue weighted by atomic mass is 16.6. The first-order valence-corrected chi connectivity index (χ1v) is 11.7. The molecular formula is C27H31N5O3. The Balaban J connectivity index is 1.60. The number of aromatic nitrogens is 2. The Hall–Kier alpha value is -3.94. The summed E-state index contributed by atoms with van der Waals surface area (Å²) in [5, 5.41) is 13.8. The Bertz CT molecular complexity index is 1360. The first-order chi connectivity index (χ1) is 16.7. The number of rotatable bonds is 4. The molecule has 0 atom stereocenters. The lowest BCUT2D eigenvalue weighted by Gasteiger charge is -2.36. The van der Waals surface area contributed by atoms with Crippen molar-refractivity contribution in [2.24, 2.45) is 4.99 Å². The standard InChI is InChI=1S/C27H31N5O3/c1-27(2,3)35-26(34)32-13-11-31(12-14-32)25-23(17-28-4)24(29-18-30-25)10-9-20-16-21(33)15-19-7-5-6-8-22(19)20/h5-8,10,15-18,33H,4,9,11-14H2,1-3H3/b23-17+,24-10+. The molecule has 4 rings (SSSR count). The van der Waals surface area contributed by atoms with Crippen molar-refractivity contribution >= 4 is 41.7 Å². The molecule has 8 heteroatoms. The molecule has 2 aromatic carbocycles. The van der Waals surface area contributed by atoms with Crippen molar-refractivity contribution in [2.45, 2.75) is 32.8 Å². The van der Waals surface area contributed by atoms with Crippen molar-refractivity contribution in [1.82, 2.24) is 14.9 Å². The van der Waals surface area contributed by atoms with Crippen LogP contribution in [0, 0.1) is 0 Å². The number of anilines is 1. The van der Waals surface area contributed by atoms with E-state index in [0.29, 0.717) is 32.6 Å². The number of hydrogen-bond donors (Lipinski definition) is 1. The molecular weight excluding hydrogens is 442 g/mol. The van der Waals surface area contributed by atoms with Crippen molar-refractivity contribution in [3.8, 4) is 5.75 Å². The van der Waals surface area contributed by atoms with E-state index in [9.17, 15) is 9.90 Å². The van der Waals surface area contributed by atoms with Gasteiger partial charge in [0.1, 0.15) is 23.5 Å². The van der Waals surface area contributed by atoms with Crippen LogP contribution in [0.15, 0.2) is 47.7 Å². The average Bonchev–Trinajstić information content (AvgIpc) is 2.82. The molecule has 0 aliphatic carbocycles. The number of aromatic hydroxyl groups is 1. The number of phenols is 1. The Morgan fingerprint density at radius 2 is 1.91 bits per heavy atom. The minimum atomic E-state index is -0.524. The monoisotopic (exact) mass is 473 g/mol. The van der Waals surface area contributed by atoms with Gasteiger partial charge >= 0.3 is 6.09 Å². The lowest BCUT2D eigenvalue weighted by molar-refractivity contribution is 0.0240. The van der Waals surface area contributed by atoms with E-state index < -0.39 is 5.60 Å². The molecule has 0 radical (unpaired) electrons. The van der Waals surface area contributed by atoms with E-state index in [-0.39, 0.29) is 11.8 Å². The molecule has 2 heterocycles. The Morgan fingerprint density at radius 3 is 2.63 bits per heavy atom. The first-order valence-electron chi connectivity index (χ1n) is 11.7. The number of aliphatic imine (C=N–C) groups is 1. The third-order valence-electron chi connectivity index (χ3n) is 5.79. The summed E-state index contributed by atoms with van der Waals surface area (Å²) in [6.07, 6.45) is 5.51. The highest BCUT2D eigenvalue weighted by Gasteiger charge is 2.26. The molecule has 1 fully saturated rings. The summed E-state index contributed by atoms with van der Waals surface area (Å²) in [6.45, 7) is 11.5. The number of carbonyl (C=O) groups is 1. The smallest absolute Gasteiger partial charge is 0.410 e. The number of carbonyl (C=O) groups excluding carboxylic acids is 1. The Kier molecular flexibility index (Phi) is 7.00. The van der Waals surface area contributed by atoms with Gasteiger partial charge in [0, 0.05) is 32.4 Å². The van der Waals surface area contributed by atoms with Gasteiger partial charge in [0.2, 0.25) is 0 Å². The molecule has 1 saturated heterocycles. The summed E-state index contributed by atoms with van der Waals surface area (Å²) in [7, 11) is 0. The summed E-state index contributed by atoms with van der Waals surface area (Å²) in [4.78, 5) is 29.3. The van der Waals surface area contributed by atoms with E-state index in [4.69, 9.17) is 4.74 Å². The quantitative estimate of drug-likeness (QED) is 0.586. The van der Waals surface area contributed by atoms with Gasteiger partial charge in [-0.3, -0.25) is 4.99 Å². The lowest BCUT2D eigenvalue weighted by atomic mass is 10.0. The Labute approximate surface area is 204 Å². The summed E-state index contributed by atoms with van der Waals surface area (Å²) in [6, 6.07) is 11.5. The van der Waals surface area contributed by atoms with Crippen LogP contribution < -0.4 is 15.5 Å². The molecule has 1 aromatic heterocycles. The zero-order valence-electron chi connectivity index (χ0n) is 20.4. The molecule has 35 heavy (non-hydrogen) atoms. The van der Waals surface area contributed by atoms with Gasteiger partial charge in [0.05, 0.1) is 10.6 Å². The molecule has 3 aromatic rings. The number of amides is 1. The molecule has 1 aliphatic rings. The summed E-state index contributed by atoms with van der Waals surface area (Å²) in [5.41, 5.74) is 0.480. The second kappa shape index (κ2) is 10.1. The van der Waals surface area contributed by atoms with Crippen molar-refractivity contribution in [2.75, 3.05) is 31.1 Å². The van der Waals surface area contributed by atoms with E-state index in [1.54, 1.807) is 29.6 Å². The topological polar surface area (TPSA) is 91.2 Å². The van der Waals surface area contributed by atoms with Gasteiger partial charge in [-0.25, -0.2) is 14.8 Å². The summed E-state index contributed by atoms with van der Waals surface area (Å²) >= 11 is 0. The van der Waals surface area contributed by atoms with Crippen molar-refractivity contribution < 1.29 is 14.6 Å². The molecule has 1 amide bonds. The number of ether oxygens (including phenoxy) is 1. The van der Waals surface area contributed by atoms with Crippen molar-refractivity contribution in [3.63, 3.8) is 0 Å². The number of piperazine rings is 1. The third-order valence-corrected chi connectivity index (χ3v) is 5.79. The average molecular weight is 474 g/mol. The fraction of sp³-hybridized carbons (Fsp3) is 0.333. The van der Waals surface area contributed by atoms with E-state index in [2.05, 4.69) is 26.6 Å². The number of nitrogens with zero attached hydrogens (tertiary/aromatic N) is 5. The maximum Gasteiger partial charge on any atom is 0.410 e. The lowest BCUT2D eigenvalue weighted by Crippen LogP contribution is -2.52. The highest BCUT2D eigenvalue weighted by molar-refractivity contribution is 5.87. The molecule has 182 valence electrons. The number of phenolic OH excluding ortho intramolecular Hbond substituents is 1. The summed E-state index contributed by atoms with van der Waals surface area (Å²) in [5.74, 6) is 0.987. The largest absolute Gasteiger partial charge is 0.508 e. The van der Waals surface area contributed by atoms with Gasteiger partial charge < -0.3 is 19.6 Å². The number of fused-ring (bicyclic) bond motifs is 1. The van der Waals surface area contributed by atoms with E-state index in [1.165, 1.54) is 0 Å². The van der Waals surface area contributed by atoms with Crippen LogP contribution in [0.3, 0.4) is 0 Å². The maximum atomic E-state index is 12.4. The maximum absolute atomic E-state index is 12.4. The van der Waals surface area contributed by atoms with E-state index in [1.807, 2.05) is 51.1 Å². The second-order valence-electron chi connectivity index (χ2n) is 9.50. The van der Waals surface area contributed by atoms with Gasteiger partial charge in [-0.15, -0.1) is 0 Å². The zero-order chi connectivity index (χ0) is 25.0. The fourth-order valence-electron chi connectivity index (χ4n) is 4.20. The van der Waals surface area contributed by atoms with Crippen LogP contribution >= 0.6 is 0 Å². The van der Waals surface area contributed by atoms with E-state index >= 15 is 0 Å². The normalized spacial score (nSPS) is 15.5. The fourth-order valence-corrected chi connectivity index (χ4v) is 4.20. The minimum absolute atomic E-state index is 0.234. The van der Waals surface area contributed by atoms with Gasteiger partial charge in [-0.1, -0.05) is 30.3 Å². The van der Waals surface area contributed by atoms with Crippen LogP contribution in [0.5, 0.6) is 5.75 Å². The molecule has 1 N–H and O–H groups in total. The van der Waals surface area contributed by atoms with Crippen LogP contribution in [0.4, 0.5) is 10.6 Å². The summed E-state index contributed by atoms with van der Waals surface area (Å²) < 4.78 is 5.50. The predicted octanol–water partition coefficient (Wildman–Crippen LogP) is 2.85. The molecule has 0 saturated carbocycles. The third kappa shape index (κ3) is 5.77. The molecule has 0 unspecified atom stereocenters. The molecule has 1 aliphatic heterocycles. The second-order valence-corrected chi connectivity index (χ2v) is 9.50. The van der Waals surface area contributed by atoms with Gasteiger partial charge in [0.25, 0.3) is 0 Å². The predicted molar refractivity (Wildman–Crippen MR) is 139 cm³/mol. The van der Waals surface area contributed by atoms with Crippen molar-refractivity contribution in [3.05, 3.63) is 58.9 Å². The molecule has 0 bridgehead atoms. The van der Waals surface area contributed by atoms with Crippen LogP contribution in [0.25, 0.3) is 23.0 Å². The van der Waals surface area contributed by atoms with Crippen LogP contribution in [0.2, 0.25) is 0 Å². The number of hydrogen-bond acceptors (Lipinski definition) is 7. The van der Waals surface area contributed by atoms with Gasteiger partial charge in [-0.05, 0) is 62.4 Å². The van der Waals surface area contributed by atoms with Gasteiger partial charge in [-0.2, -0.15) is 0 Å². The minimum Gasteiger partial charge on any atom is -0.508 e. The van der Waals surface area contributed by atoms with Crippen LogP contribution in [-0.4, -0.2) is 64.6 Å². The van der Waals surface area contributed by atoms with Crippen LogP contribution in [-0.2, 0) is 11.2 Å². The van der Waals surface area contributed by atoms with E-state index in [0.717, 1.165) is 32.7 Å². The van der Waals surface area contributed by atoms with Gasteiger partial charge in [0.15, 0.2) is 0 Å². The first kappa shape index (κ1) is 24.2. The SMILES string of the molecule is C=N/C=c1/c(N2CCN(C(=O)OC(C)(C)C)CC2)ncn/c1=C/Cc1cc(O)cc2ccccc12. The van der Waals surface area contributed by atoms with Crippen LogP contribution in [0.1, 0.15) is 26.3 Å².